The number of hydrogen-bond donors (Lipinski definition) is 2. The van der Waals surface area contributed by atoms with Crippen LogP contribution in [-0.2, 0) is 0 Å². The summed E-state index contributed by atoms with van der Waals surface area (Å²) in [6, 6.07) is 8.17. The molecule has 0 aliphatic heterocycles. The molecular formula is C11H17NO. The largest absolute Gasteiger partial charge is 0.396 e. The molecule has 0 aliphatic rings. The summed E-state index contributed by atoms with van der Waals surface area (Å²) in [6.45, 7) is 5.15. The van der Waals surface area contributed by atoms with Gasteiger partial charge in [0.15, 0.2) is 0 Å². The van der Waals surface area contributed by atoms with Crippen LogP contribution in [-0.4, -0.2) is 18.3 Å². The number of rotatable bonds is 4. The number of aliphatic hydroxyl groups excluding tert-OH is 1. The highest BCUT2D eigenvalue weighted by Gasteiger charge is 2.00. The van der Waals surface area contributed by atoms with E-state index in [1.807, 2.05) is 19.1 Å². The summed E-state index contributed by atoms with van der Waals surface area (Å²) in [6.07, 6.45) is 0. The van der Waals surface area contributed by atoms with Gasteiger partial charge < -0.3 is 10.4 Å². The van der Waals surface area contributed by atoms with E-state index >= 15 is 0 Å². The lowest BCUT2D eigenvalue weighted by Gasteiger charge is -2.12. The summed E-state index contributed by atoms with van der Waals surface area (Å²) >= 11 is 0. The molecule has 1 aromatic rings. The lowest BCUT2D eigenvalue weighted by atomic mass is 10.1. The second kappa shape index (κ2) is 4.87. The van der Waals surface area contributed by atoms with E-state index in [2.05, 4.69) is 24.4 Å². The van der Waals surface area contributed by atoms with E-state index < -0.39 is 0 Å². The maximum atomic E-state index is 8.84. The second-order valence-corrected chi connectivity index (χ2v) is 3.48. The summed E-state index contributed by atoms with van der Waals surface area (Å²) in [5.74, 6) is 0.305. The topological polar surface area (TPSA) is 32.3 Å². The Hall–Kier alpha value is -1.02. The van der Waals surface area contributed by atoms with Gasteiger partial charge in [0, 0.05) is 18.8 Å². The van der Waals surface area contributed by atoms with Gasteiger partial charge in [0.05, 0.1) is 0 Å². The van der Waals surface area contributed by atoms with Crippen molar-refractivity contribution < 1.29 is 5.11 Å². The van der Waals surface area contributed by atoms with Gasteiger partial charge in [-0.2, -0.15) is 0 Å². The van der Waals surface area contributed by atoms with Crippen molar-refractivity contribution in [3.63, 3.8) is 0 Å². The Kier molecular flexibility index (Phi) is 3.77. The van der Waals surface area contributed by atoms with Crippen LogP contribution in [0.5, 0.6) is 0 Å². The smallest absolute Gasteiger partial charge is 0.0473 e. The number of nitrogens with one attached hydrogen (secondary N) is 1. The predicted octanol–water partition coefficient (Wildman–Crippen LogP) is 2.04. The Balaban J connectivity index is 2.50. The van der Waals surface area contributed by atoms with Crippen molar-refractivity contribution in [1.29, 1.82) is 0 Å². The van der Waals surface area contributed by atoms with Crippen molar-refractivity contribution in [3.8, 4) is 0 Å². The molecule has 0 aliphatic carbocycles. The summed E-state index contributed by atoms with van der Waals surface area (Å²) in [4.78, 5) is 0. The van der Waals surface area contributed by atoms with E-state index in [1.54, 1.807) is 0 Å². The number of anilines is 1. The molecule has 0 saturated heterocycles. The Morgan fingerprint density at radius 1 is 1.38 bits per heavy atom. The van der Waals surface area contributed by atoms with Gasteiger partial charge in [-0.3, -0.25) is 0 Å². The zero-order valence-electron chi connectivity index (χ0n) is 8.25. The average Bonchev–Trinajstić information content (AvgIpc) is 2.16. The molecule has 2 heteroatoms. The Morgan fingerprint density at radius 2 is 2.08 bits per heavy atom. The van der Waals surface area contributed by atoms with Crippen LogP contribution in [0.15, 0.2) is 24.3 Å². The molecule has 0 fully saturated rings. The maximum absolute atomic E-state index is 8.84. The molecule has 0 aromatic heterocycles. The molecule has 0 spiro atoms. The van der Waals surface area contributed by atoms with Gasteiger partial charge in [0.2, 0.25) is 0 Å². The Bertz CT molecular complexity index is 260. The maximum Gasteiger partial charge on any atom is 0.0473 e. The number of aliphatic hydroxyl groups is 1. The molecule has 0 radical (unpaired) electrons. The van der Waals surface area contributed by atoms with Gasteiger partial charge in [-0.05, 0) is 24.5 Å². The number of aryl methyl sites for hydroxylation is 1. The van der Waals surface area contributed by atoms with Crippen molar-refractivity contribution in [3.05, 3.63) is 29.8 Å². The average molecular weight is 179 g/mol. The minimum Gasteiger partial charge on any atom is -0.396 e. The molecular weight excluding hydrogens is 162 g/mol. The monoisotopic (exact) mass is 179 g/mol. The van der Waals surface area contributed by atoms with E-state index in [9.17, 15) is 0 Å². The lowest BCUT2D eigenvalue weighted by Crippen LogP contribution is -2.14. The third-order valence-corrected chi connectivity index (χ3v) is 2.10. The Labute approximate surface area is 79.6 Å². The Morgan fingerprint density at radius 3 is 2.69 bits per heavy atom. The zero-order chi connectivity index (χ0) is 9.68. The number of hydrogen-bond acceptors (Lipinski definition) is 2. The first kappa shape index (κ1) is 10.1. The molecule has 1 rings (SSSR count). The van der Waals surface area contributed by atoms with E-state index in [0.29, 0.717) is 5.92 Å². The van der Waals surface area contributed by atoms with E-state index in [4.69, 9.17) is 5.11 Å². The summed E-state index contributed by atoms with van der Waals surface area (Å²) in [5, 5.41) is 12.1. The van der Waals surface area contributed by atoms with Crippen LogP contribution < -0.4 is 5.32 Å². The molecule has 0 heterocycles. The molecule has 1 aromatic carbocycles. The second-order valence-electron chi connectivity index (χ2n) is 3.48. The fourth-order valence-electron chi connectivity index (χ4n) is 1.12. The van der Waals surface area contributed by atoms with Gasteiger partial charge >= 0.3 is 0 Å². The first-order chi connectivity index (χ1) is 6.24. The highest BCUT2D eigenvalue weighted by molar-refractivity contribution is 5.50. The number of benzene rings is 1. The van der Waals surface area contributed by atoms with Crippen LogP contribution in [0.1, 0.15) is 12.5 Å². The minimum absolute atomic E-state index is 0.235. The SMILES string of the molecule is Cc1ccccc1NCC(C)CO. The molecule has 1 unspecified atom stereocenters. The predicted molar refractivity (Wildman–Crippen MR) is 55.9 cm³/mol. The molecule has 0 amide bonds. The zero-order valence-corrected chi connectivity index (χ0v) is 8.25. The van der Waals surface area contributed by atoms with Crippen molar-refractivity contribution in [2.24, 2.45) is 5.92 Å². The molecule has 0 bridgehead atoms. The third-order valence-electron chi connectivity index (χ3n) is 2.10. The van der Waals surface area contributed by atoms with Crippen molar-refractivity contribution in [2.45, 2.75) is 13.8 Å². The molecule has 1 atom stereocenters. The third kappa shape index (κ3) is 3.07. The molecule has 72 valence electrons. The quantitative estimate of drug-likeness (QED) is 0.741. The fourth-order valence-corrected chi connectivity index (χ4v) is 1.12. The van der Waals surface area contributed by atoms with Gasteiger partial charge in [0.25, 0.3) is 0 Å². The molecule has 0 saturated carbocycles. The number of para-hydroxylation sites is 1. The van der Waals surface area contributed by atoms with Gasteiger partial charge in [0.1, 0.15) is 0 Å². The minimum atomic E-state index is 0.235. The van der Waals surface area contributed by atoms with Crippen LogP contribution >= 0.6 is 0 Å². The van der Waals surface area contributed by atoms with Gasteiger partial charge in [-0.15, -0.1) is 0 Å². The fraction of sp³-hybridized carbons (Fsp3) is 0.455. The van der Waals surface area contributed by atoms with Gasteiger partial charge in [-0.25, -0.2) is 0 Å². The highest BCUT2D eigenvalue weighted by atomic mass is 16.3. The van der Waals surface area contributed by atoms with Crippen LogP contribution in [0.4, 0.5) is 5.69 Å². The summed E-state index contributed by atoms with van der Waals surface area (Å²) in [7, 11) is 0. The lowest BCUT2D eigenvalue weighted by molar-refractivity contribution is 0.244. The normalized spacial score (nSPS) is 12.5. The van der Waals surface area contributed by atoms with Crippen LogP contribution in [0.2, 0.25) is 0 Å². The molecule has 2 nitrogen and oxygen atoms in total. The van der Waals surface area contributed by atoms with Crippen LogP contribution in [0, 0.1) is 12.8 Å². The molecule has 2 N–H and O–H groups in total. The van der Waals surface area contributed by atoms with Crippen molar-refractivity contribution in [2.75, 3.05) is 18.5 Å². The van der Waals surface area contributed by atoms with Crippen molar-refractivity contribution in [1.82, 2.24) is 0 Å². The first-order valence-corrected chi connectivity index (χ1v) is 4.64. The van der Waals surface area contributed by atoms with Crippen LogP contribution in [0.25, 0.3) is 0 Å². The standard InChI is InChI=1S/C11H17NO/c1-9(8-13)7-12-11-6-4-3-5-10(11)2/h3-6,9,12-13H,7-8H2,1-2H3. The van der Waals surface area contributed by atoms with Crippen molar-refractivity contribution >= 4 is 5.69 Å². The van der Waals surface area contributed by atoms with E-state index in [1.165, 1.54) is 5.56 Å². The first-order valence-electron chi connectivity index (χ1n) is 4.64. The van der Waals surface area contributed by atoms with Gasteiger partial charge in [-0.1, -0.05) is 25.1 Å². The summed E-state index contributed by atoms with van der Waals surface area (Å²) in [5.41, 5.74) is 2.40. The van der Waals surface area contributed by atoms with E-state index in [0.717, 1.165) is 12.2 Å². The van der Waals surface area contributed by atoms with Crippen LogP contribution in [0.3, 0.4) is 0 Å². The highest BCUT2D eigenvalue weighted by Crippen LogP contribution is 2.13. The summed E-state index contributed by atoms with van der Waals surface area (Å²) < 4.78 is 0. The molecule has 13 heavy (non-hydrogen) atoms. The van der Waals surface area contributed by atoms with E-state index in [-0.39, 0.29) is 6.61 Å².